The smallest absolute Gasteiger partial charge is 0.230 e. The van der Waals surface area contributed by atoms with E-state index >= 15 is 0 Å². The molecule has 0 radical (unpaired) electrons. The topological polar surface area (TPSA) is 54.0 Å². The van der Waals surface area contributed by atoms with Crippen molar-refractivity contribution in [2.45, 2.75) is 20.8 Å². The van der Waals surface area contributed by atoms with Crippen LogP contribution in [-0.4, -0.2) is 24.0 Å². The molecule has 92 valence electrons. The molecule has 4 heteroatoms. The van der Waals surface area contributed by atoms with Crippen molar-refractivity contribution in [2.24, 2.45) is 11.8 Å². The van der Waals surface area contributed by atoms with Crippen LogP contribution in [0.4, 0.5) is 5.82 Å². The first-order valence-electron chi connectivity index (χ1n) is 6.03. The first-order valence-corrected chi connectivity index (χ1v) is 6.03. The number of amides is 1. The Hall–Kier alpha value is -1.42. The number of carbonyl (C=O) groups excluding carboxylic acids is 1. The van der Waals surface area contributed by atoms with Gasteiger partial charge in [0.05, 0.1) is 5.92 Å². The van der Waals surface area contributed by atoms with Crippen molar-refractivity contribution in [1.29, 1.82) is 0 Å². The van der Waals surface area contributed by atoms with Gasteiger partial charge in [0.25, 0.3) is 0 Å². The van der Waals surface area contributed by atoms with Gasteiger partial charge in [-0.15, -0.1) is 0 Å². The average Bonchev–Trinajstić information content (AvgIpc) is 2.62. The third kappa shape index (κ3) is 2.82. The molecule has 0 unspecified atom stereocenters. The van der Waals surface area contributed by atoms with E-state index in [-0.39, 0.29) is 11.8 Å². The molecule has 1 aromatic rings. The van der Waals surface area contributed by atoms with Crippen LogP contribution in [0, 0.1) is 25.7 Å². The van der Waals surface area contributed by atoms with Crippen LogP contribution in [0.3, 0.4) is 0 Å². The minimum atomic E-state index is 0.0534. The second-order valence-corrected chi connectivity index (χ2v) is 4.90. The van der Waals surface area contributed by atoms with Crippen LogP contribution < -0.4 is 10.6 Å². The minimum Gasteiger partial charge on any atom is -0.316 e. The largest absolute Gasteiger partial charge is 0.316 e. The van der Waals surface area contributed by atoms with Crippen LogP contribution in [0.5, 0.6) is 0 Å². The van der Waals surface area contributed by atoms with E-state index < -0.39 is 0 Å². The summed E-state index contributed by atoms with van der Waals surface area (Å²) in [5, 5.41) is 6.14. The van der Waals surface area contributed by atoms with Crippen molar-refractivity contribution in [3.05, 3.63) is 23.4 Å². The summed E-state index contributed by atoms with van der Waals surface area (Å²) in [6.07, 6.45) is 0. The summed E-state index contributed by atoms with van der Waals surface area (Å²) < 4.78 is 0. The highest BCUT2D eigenvalue weighted by atomic mass is 16.2. The van der Waals surface area contributed by atoms with Gasteiger partial charge in [0.1, 0.15) is 5.82 Å². The summed E-state index contributed by atoms with van der Waals surface area (Å²) in [4.78, 5) is 16.4. The number of aromatic nitrogens is 1. The number of anilines is 1. The van der Waals surface area contributed by atoms with E-state index in [1.54, 1.807) is 0 Å². The lowest BCUT2D eigenvalue weighted by atomic mass is 9.97. The summed E-state index contributed by atoms with van der Waals surface area (Å²) in [7, 11) is 0. The molecule has 2 atom stereocenters. The van der Waals surface area contributed by atoms with Crippen LogP contribution in [0.15, 0.2) is 12.1 Å². The van der Waals surface area contributed by atoms with Gasteiger partial charge in [-0.05, 0) is 44.0 Å². The highest BCUT2D eigenvalue weighted by Crippen LogP contribution is 2.18. The van der Waals surface area contributed by atoms with E-state index in [4.69, 9.17) is 0 Å². The molecule has 0 spiro atoms. The Labute approximate surface area is 102 Å². The molecule has 17 heavy (non-hydrogen) atoms. The molecule has 2 rings (SSSR count). The lowest BCUT2D eigenvalue weighted by molar-refractivity contribution is -0.120. The molecule has 0 aromatic carbocycles. The Bertz CT molecular complexity index is 410. The Morgan fingerprint density at radius 3 is 2.76 bits per heavy atom. The molecule has 4 nitrogen and oxygen atoms in total. The number of nitrogens with zero attached hydrogens (tertiary/aromatic N) is 1. The van der Waals surface area contributed by atoms with Crippen molar-refractivity contribution in [1.82, 2.24) is 10.3 Å². The summed E-state index contributed by atoms with van der Waals surface area (Å²) in [6.45, 7) is 7.71. The minimum absolute atomic E-state index is 0.0534. The predicted molar refractivity (Wildman–Crippen MR) is 67.9 cm³/mol. The third-order valence-corrected chi connectivity index (χ3v) is 3.20. The lowest BCUT2D eigenvalue weighted by Gasteiger charge is -2.14. The summed E-state index contributed by atoms with van der Waals surface area (Å²) in [6, 6.07) is 3.90. The highest BCUT2D eigenvalue weighted by Gasteiger charge is 2.29. The molecule has 2 N–H and O–H groups in total. The van der Waals surface area contributed by atoms with Gasteiger partial charge in [0, 0.05) is 12.2 Å². The summed E-state index contributed by atoms with van der Waals surface area (Å²) >= 11 is 0. The van der Waals surface area contributed by atoms with Gasteiger partial charge in [-0.1, -0.05) is 6.92 Å². The maximum atomic E-state index is 12.1. The molecule has 0 saturated carbocycles. The average molecular weight is 233 g/mol. The molecule has 1 saturated heterocycles. The zero-order valence-corrected chi connectivity index (χ0v) is 10.6. The SMILES string of the molecule is Cc1cc(C)nc(NC(=O)[C@@H]2CNC[C@H]2C)c1. The van der Waals surface area contributed by atoms with Gasteiger partial charge in [-0.3, -0.25) is 4.79 Å². The van der Waals surface area contributed by atoms with Crippen molar-refractivity contribution >= 4 is 11.7 Å². The fourth-order valence-electron chi connectivity index (χ4n) is 2.29. The maximum absolute atomic E-state index is 12.1. The number of carbonyl (C=O) groups is 1. The van der Waals surface area contributed by atoms with Crippen LogP contribution >= 0.6 is 0 Å². The van der Waals surface area contributed by atoms with Gasteiger partial charge in [0.2, 0.25) is 5.91 Å². The fourth-order valence-corrected chi connectivity index (χ4v) is 2.29. The lowest BCUT2D eigenvalue weighted by Crippen LogP contribution is -2.28. The number of pyridine rings is 1. The van der Waals surface area contributed by atoms with Crippen LogP contribution in [0.2, 0.25) is 0 Å². The first kappa shape index (κ1) is 12.0. The molecule has 0 bridgehead atoms. The van der Waals surface area contributed by atoms with Gasteiger partial charge >= 0.3 is 0 Å². The zero-order chi connectivity index (χ0) is 12.4. The van der Waals surface area contributed by atoms with Crippen molar-refractivity contribution in [3.8, 4) is 0 Å². The molecule has 1 aliphatic heterocycles. The maximum Gasteiger partial charge on any atom is 0.230 e. The van der Waals surface area contributed by atoms with E-state index in [0.717, 1.165) is 24.3 Å². The Morgan fingerprint density at radius 2 is 2.18 bits per heavy atom. The van der Waals surface area contributed by atoms with Crippen LogP contribution in [0.1, 0.15) is 18.2 Å². The summed E-state index contributed by atoms with van der Waals surface area (Å²) in [5.74, 6) is 1.17. The van der Waals surface area contributed by atoms with Gasteiger partial charge < -0.3 is 10.6 Å². The molecular formula is C13H19N3O. The Kier molecular flexibility index (Phi) is 3.43. The number of nitrogens with one attached hydrogen (secondary N) is 2. The third-order valence-electron chi connectivity index (χ3n) is 3.20. The standard InChI is InChI=1S/C13H19N3O/c1-8-4-10(3)15-12(5-8)16-13(17)11-7-14-6-9(11)2/h4-5,9,11,14H,6-7H2,1-3H3,(H,15,16,17)/t9-,11-/m1/s1. The van der Waals surface area contributed by atoms with E-state index in [9.17, 15) is 4.79 Å². The zero-order valence-electron chi connectivity index (χ0n) is 10.6. The molecule has 2 heterocycles. The number of hydrogen-bond donors (Lipinski definition) is 2. The summed E-state index contributed by atoms with van der Waals surface area (Å²) in [5.41, 5.74) is 2.04. The van der Waals surface area contributed by atoms with E-state index in [1.807, 2.05) is 26.0 Å². The molecule has 1 aromatic heterocycles. The normalized spacial score (nSPS) is 23.7. The van der Waals surface area contributed by atoms with Crippen molar-refractivity contribution in [3.63, 3.8) is 0 Å². The van der Waals surface area contributed by atoms with E-state index in [0.29, 0.717) is 11.7 Å². The van der Waals surface area contributed by atoms with Crippen LogP contribution in [0.25, 0.3) is 0 Å². The monoisotopic (exact) mass is 233 g/mol. The number of rotatable bonds is 2. The second kappa shape index (κ2) is 4.84. The van der Waals surface area contributed by atoms with Crippen LogP contribution in [-0.2, 0) is 4.79 Å². The predicted octanol–water partition coefficient (Wildman–Crippen LogP) is 1.49. The molecule has 1 fully saturated rings. The second-order valence-electron chi connectivity index (χ2n) is 4.90. The number of hydrogen-bond acceptors (Lipinski definition) is 3. The quantitative estimate of drug-likeness (QED) is 0.813. The van der Waals surface area contributed by atoms with E-state index in [1.165, 1.54) is 0 Å². The Balaban J connectivity index is 2.07. The highest BCUT2D eigenvalue weighted by molar-refractivity contribution is 5.92. The molecule has 1 aliphatic rings. The van der Waals surface area contributed by atoms with Crippen molar-refractivity contribution < 1.29 is 4.79 Å². The molecule has 0 aliphatic carbocycles. The molecule has 1 amide bonds. The van der Waals surface area contributed by atoms with E-state index in [2.05, 4.69) is 22.5 Å². The fraction of sp³-hybridized carbons (Fsp3) is 0.538. The Morgan fingerprint density at radius 1 is 1.41 bits per heavy atom. The van der Waals surface area contributed by atoms with Crippen molar-refractivity contribution in [2.75, 3.05) is 18.4 Å². The van der Waals surface area contributed by atoms with Gasteiger partial charge in [-0.25, -0.2) is 4.98 Å². The molecular weight excluding hydrogens is 214 g/mol. The number of aryl methyl sites for hydroxylation is 2. The van der Waals surface area contributed by atoms with Gasteiger partial charge in [0.15, 0.2) is 0 Å². The first-order chi connectivity index (χ1) is 8.06. The van der Waals surface area contributed by atoms with Gasteiger partial charge in [-0.2, -0.15) is 0 Å².